The molecule has 1 N–H and O–H groups in total. The highest BCUT2D eigenvalue weighted by Crippen LogP contribution is 2.22. The standard InChI is InChI=1S/C22H25N5O/c1-2-28-20-10-8-18(9-11-20)24-22-23-13-12-21(25-22)27-16-14-26(15-17-27)19-6-4-3-5-7-19/h3-13H,2,14-17H2,1H3,(H,23,24,25). The maximum atomic E-state index is 5.48. The van der Waals surface area contributed by atoms with Crippen LogP contribution in [0.4, 0.5) is 23.1 Å². The minimum atomic E-state index is 0.604. The van der Waals surface area contributed by atoms with Crippen molar-refractivity contribution in [2.45, 2.75) is 6.92 Å². The first-order valence-corrected chi connectivity index (χ1v) is 9.70. The number of hydrogen-bond donors (Lipinski definition) is 1. The van der Waals surface area contributed by atoms with Crippen molar-refractivity contribution in [3.05, 3.63) is 66.9 Å². The van der Waals surface area contributed by atoms with Crippen LogP contribution in [-0.4, -0.2) is 42.8 Å². The van der Waals surface area contributed by atoms with Gasteiger partial charge in [0, 0.05) is 43.8 Å². The van der Waals surface area contributed by atoms with Gasteiger partial charge >= 0.3 is 0 Å². The van der Waals surface area contributed by atoms with Crippen LogP contribution in [-0.2, 0) is 0 Å². The Morgan fingerprint density at radius 1 is 0.893 bits per heavy atom. The van der Waals surface area contributed by atoms with Gasteiger partial charge in [-0.3, -0.25) is 0 Å². The van der Waals surface area contributed by atoms with Gasteiger partial charge in [0.25, 0.3) is 0 Å². The molecule has 0 bridgehead atoms. The summed E-state index contributed by atoms with van der Waals surface area (Å²) in [4.78, 5) is 13.8. The maximum absolute atomic E-state index is 5.48. The second kappa shape index (κ2) is 8.61. The number of ether oxygens (including phenoxy) is 1. The first-order chi connectivity index (χ1) is 13.8. The molecule has 6 heteroatoms. The van der Waals surface area contributed by atoms with Crippen molar-refractivity contribution in [2.24, 2.45) is 0 Å². The van der Waals surface area contributed by atoms with Crippen LogP contribution in [0.15, 0.2) is 66.9 Å². The molecule has 3 aromatic rings. The fraction of sp³-hybridized carbons (Fsp3) is 0.273. The van der Waals surface area contributed by atoms with E-state index in [0.29, 0.717) is 12.6 Å². The number of benzene rings is 2. The van der Waals surface area contributed by atoms with Crippen molar-refractivity contribution >= 4 is 23.1 Å². The minimum Gasteiger partial charge on any atom is -0.494 e. The van der Waals surface area contributed by atoms with E-state index in [2.05, 4.69) is 50.4 Å². The molecule has 0 unspecified atom stereocenters. The number of aromatic nitrogens is 2. The highest BCUT2D eigenvalue weighted by atomic mass is 16.5. The quantitative estimate of drug-likeness (QED) is 0.704. The van der Waals surface area contributed by atoms with Crippen LogP contribution in [0, 0.1) is 0 Å². The summed E-state index contributed by atoms with van der Waals surface area (Å²) in [5.74, 6) is 2.42. The van der Waals surface area contributed by atoms with Crippen LogP contribution in [0.3, 0.4) is 0 Å². The molecule has 0 amide bonds. The molecule has 0 atom stereocenters. The lowest BCUT2D eigenvalue weighted by Gasteiger charge is -2.36. The van der Waals surface area contributed by atoms with Crippen molar-refractivity contribution in [1.82, 2.24) is 9.97 Å². The zero-order valence-corrected chi connectivity index (χ0v) is 16.1. The highest BCUT2D eigenvalue weighted by molar-refractivity contribution is 5.56. The lowest BCUT2D eigenvalue weighted by molar-refractivity contribution is 0.340. The Bertz CT molecular complexity index is 877. The Labute approximate surface area is 165 Å². The summed E-state index contributed by atoms with van der Waals surface area (Å²) in [6, 6.07) is 20.4. The van der Waals surface area contributed by atoms with Crippen molar-refractivity contribution in [3.8, 4) is 5.75 Å². The van der Waals surface area contributed by atoms with Gasteiger partial charge in [0.2, 0.25) is 5.95 Å². The van der Waals surface area contributed by atoms with Gasteiger partial charge in [0.05, 0.1) is 6.61 Å². The summed E-state index contributed by atoms with van der Waals surface area (Å²) < 4.78 is 5.48. The van der Waals surface area contributed by atoms with Crippen LogP contribution >= 0.6 is 0 Å². The van der Waals surface area contributed by atoms with Gasteiger partial charge in [-0.15, -0.1) is 0 Å². The summed E-state index contributed by atoms with van der Waals surface area (Å²) in [6.45, 7) is 6.48. The van der Waals surface area contributed by atoms with E-state index in [0.717, 1.165) is 43.4 Å². The first-order valence-electron chi connectivity index (χ1n) is 9.70. The molecule has 0 radical (unpaired) electrons. The zero-order chi connectivity index (χ0) is 19.2. The Hall–Kier alpha value is -3.28. The summed E-state index contributed by atoms with van der Waals surface area (Å²) in [5, 5.41) is 3.27. The Morgan fingerprint density at radius 2 is 1.61 bits per heavy atom. The summed E-state index contributed by atoms with van der Waals surface area (Å²) in [7, 11) is 0. The Balaban J connectivity index is 1.39. The summed E-state index contributed by atoms with van der Waals surface area (Å²) in [6.07, 6.45) is 1.81. The molecule has 1 saturated heterocycles. The molecule has 2 heterocycles. The number of nitrogens with one attached hydrogen (secondary N) is 1. The fourth-order valence-electron chi connectivity index (χ4n) is 3.35. The number of piperazine rings is 1. The van der Waals surface area contributed by atoms with Crippen molar-refractivity contribution in [1.29, 1.82) is 0 Å². The van der Waals surface area contributed by atoms with Gasteiger partial charge in [-0.2, -0.15) is 4.98 Å². The molecule has 0 spiro atoms. The second-order valence-electron chi connectivity index (χ2n) is 6.63. The number of anilines is 4. The fourth-order valence-corrected chi connectivity index (χ4v) is 3.35. The minimum absolute atomic E-state index is 0.604. The molecule has 2 aromatic carbocycles. The average Bonchev–Trinajstić information content (AvgIpc) is 2.76. The molecule has 1 fully saturated rings. The maximum Gasteiger partial charge on any atom is 0.229 e. The molecule has 0 saturated carbocycles. The van der Waals surface area contributed by atoms with Crippen LogP contribution in [0.1, 0.15) is 6.92 Å². The number of rotatable bonds is 6. The van der Waals surface area contributed by atoms with Gasteiger partial charge in [0.15, 0.2) is 0 Å². The van der Waals surface area contributed by atoms with Gasteiger partial charge in [-0.25, -0.2) is 4.98 Å². The molecular weight excluding hydrogens is 350 g/mol. The van der Waals surface area contributed by atoms with Crippen LogP contribution in [0.5, 0.6) is 5.75 Å². The van der Waals surface area contributed by atoms with Gasteiger partial charge in [-0.1, -0.05) is 18.2 Å². The predicted octanol–water partition coefficient (Wildman–Crippen LogP) is 3.95. The van der Waals surface area contributed by atoms with E-state index in [1.54, 1.807) is 0 Å². The third kappa shape index (κ3) is 4.34. The molecule has 4 rings (SSSR count). The average molecular weight is 375 g/mol. The lowest BCUT2D eigenvalue weighted by Crippen LogP contribution is -2.46. The van der Waals surface area contributed by atoms with E-state index in [1.807, 2.05) is 43.5 Å². The molecule has 0 aliphatic carbocycles. The number of hydrogen-bond acceptors (Lipinski definition) is 6. The third-order valence-corrected chi connectivity index (χ3v) is 4.79. The van der Waals surface area contributed by atoms with Crippen molar-refractivity contribution < 1.29 is 4.74 Å². The number of nitrogens with zero attached hydrogens (tertiary/aromatic N) is 4. The van der Waals surface area contributed by atoms with Crippen LogP contribution < -0.4 is 19.9 Å². The van der Waals surface area contributed by atoms with Gasteiger partial charge in [0.1, 0.15) is 11.6 Å². The second-order valence-corrected chi connectivity index (χ2v) is 6.63. The molecular formula is C22H25N5O. The molecule has 144 valence electrons. The van der Waals surface area contributed by atoms with E-state index in [9.17, 15) is 0 Å². The van der Waals surface area contributed by atoms with E-state index >= 15 is 0 Å². The Morgan fingerprint density at radius 3 is 2.32 bits per heavy atom. The largest absolute Gasteiger partial charge is 0.494 e. The molecule has 6 nitrogen and oxygen atoms in total. The molecule has 1 aliphatic rings. The first kappa shape index (κ1) is 18.1. The van der Waals surface area contributed by atoms with Gasteiger partial charge in [-0.05, 0) is 49.4 Å². The SMILES string of the molecule is CCOc1ccc(Nc2nccc(N3CCN(c4ccccc4)CC3)n2)cc1. The van der Waals surface area contributed by atoms with E-state index in [-0.39, 0.29) is 0 Å². The van der Waals surface area contributed by atoms with E-state index in [4.69, 9.17) is 9.72 Å². The zero-order valence-electron chi connectivity index (χ0n) is 16.1. The van der Waals surface area contributed by atoms with E-state index in [1.165, 1.54) is 5.69 Å². The van der Waals surface area contributed by atoms with E-state index < -0.39 is 0 Å². The van der Waals surface area contributed by atoms with Crippen molar-refractivity contribution in [3.63, 3.8) is 0 Å². The highest BCUT2D eigenvalue weighted by Gasteiger charge is 2.18. The summed E-state index contributed by atoms with van der Waals surface area (Å²) in [5.41, 5.74) is 2.22. The predicted molar refractivity (Wildman–Crippen MR) is 114 cm³/mol. The molecule has 28 heavy (non-hydrogen) atoms. The van der Waals surface area contributed by atoms with Crippen LogP contribution in [0.2, 0.25) is 0 Å². The summed E-state index contributed by atoms with van der Waals surface area (Å²) >= 11 is 0. The van der Waals surface area contributed by atoms with Crippen molar-refractivity contribution in [2.75, 3.05) is 47.9 Å². The topological polar surface area (TPSA) is 53.5 Å². The smallest absolute Gasteiger partial charge is 0.229 e. The number of para-hydroxylation sites is 1. The Kier molecular flexibility index (Phi) is 5.56. The third-order valence-electron chi connectivity index (χ3n) is 4.79. The molecule has 1 aromatic heterocycles. The van der Waals surface area contributed by atoms with Gasteiger partial charge < -0.3 is 19.9 Å². The lowest BCUT2D eigenvalue weighted by atomic mass is 10.2. The normalized spacial score (nSPS) is 14.0. The van der Waals surface area contributed by atoms with Crippen LogP contribution in [0.25, 0.3) is 0 Å². The molecule has 1 aliphatic heterocycles. The monoisotopic (exact) mass is 375 g/mol.